The summed E-state index contributed by atoms with van der Waals surface area (Å²) in [6.45, 7) is 3.14. The molecule has 1 fully saturated rings. The van der Waals surface area contributed by atoms with Crippen molar-refractivity contribution in [1.29, 1.82) is 0 Å². The Labute approximate surface area is 113 Å². The van der Waals surface area contributed by atoms with Gasteiger partial charge in [-0.1, -0.05) is 0 Å². The molecule has 18 heavy (non-hydrogen) atoms. The van der Waals surface area contributed by atoms with E-state index in [0.29, 0.717) is 5.41 Å². The van der Waals surface area contributed by atoms with Crippen LogP contribution < -0.4 is 11.1 Å². The highest BCUT2D eigenvalue weighted by atomic mass is 32.1. The summed E-state index contributed by atoms with van der Waals surface area (Å²) in [5.74, 6) is 0. The largest absolute Gasteiger partial charge is 0.322 e. The first-order valence-corrected chi connectivity index (χ1v) is 7.52. The molecule has 5 heteroatoms. The normalized spacial score (nSPS) is 25.9. The van der Waals surface area contributed by atoms with E-state index in [2.05, 4.69) is 24.3 Å². The number of nitrogens with zero attached hydrogens (tertiary/aromatic N) is 2. The summed E-state index contributed by atoms with van der Waals surface area (Å²) in [6, 6.07) is 0.154. The molecular formula is C13H22N4S. The lowest BCUT2D eigenvalue weighted by Gasteiger charge is -2.37. The highest BCUT2D eigenvalue weighted by Crippen LogP contribution is 2.51. The molecule has 1 aliphatic carbocycles. The Bertz CT molecular complexity index is 434. The third-order valence-electron chi connectivity index (χ3n) is 4.29. The van der Waals surface area contributed by atoms with Crippen LogP contribution in [-0.4, -0.2) is 37.1 Å². The Balaban J connectivity index is 1.82. The molecule has 0 radical (unpaired) electrons. The number of fused-ring (bicyclic) bond motifs is 1. The third-order valence-corrected chi connectivity index (χ3v) is 5.35. The van der Waals surface area contributed by atoms with Crippen LogP contribution in [0.4, 0.5) is 0 Å². The number of nitrogens with one attached hydrogen (secondary N) is 1. The maximum atomic E-state index is 6.50. The van der Waals surface area contributed by atoms with Crippen molar-refractivity contribution < 1.29 is 0 Å². The van der Waals surface area contributed by atoms with Gasteiger partial charge in [-0.3, -0.25) is 0 Å². The Hall–Kier alpha value is -0.490. The zero-order valence-corrected chi connectivity index (χ0v) is 12.0. The minimum atomic E-state index is 0.154. The van der Waals surface area contributed by atoms with Crippen molar-refractivity contribution in [2.24, 2.45) is 11.1 Å². The maximum absolute atomic E-state index is 6.50. The second-order valence-electron chi connectivity index (χ2n) is 5.92. The summed E-state index contributed by atoms with van der Waals surface area (Å²) in [5, 5.41) is 4.65. The predicted octanol–water partition coefficient (Wildman–Crippen LogP) is 1.13. The second kappa shape index (κ2) is 4.56. The molecule has 2 heterocycles. The summed E-state index contributed by atoms with van der Waals surface area (Å²) in [4.78, 5) is 8.41. The maximum Gasteiger partial charge on any atom is 0.107 e. The SMILES string of the molecule is CN(C)Cc1nc2c(s1)CC1(CCNCC1)[C@@H]2N. The van der Waals surface area contributed by atoms with E-state index >= 15 is 0 Å². The monoisotopic (exact) mass is 266 g/mol. The minimum absolute atomic E-state index is 0.154. The van der Waals surface area contributed by atoms with E-state index in [1.54, 1.807) is 0 Å². The molecule has 3 rings (SSSR count). The molecule has 1 aromatic heterocycles. The average Bonchev–Trinajstić information content (AvgIpc) is 2.79. The minimum Gasteiger partial charge on any atom is -0.322 e. The van der Waals surface area contributed by atoms with Gasteiger partial charge in [0.15, 0.2) is 0 Å². The molecule has 2 aliphatic rings. The molecule has 1 atom stereocenters. The number of piperidine rings is 1. The standard InChI is InChI=1S/C13H22N4S/c1-17(2)8-10-16-11-9(18-10)7-13(12(11)14)3-5-15-6-4-13/h12,15H,3-8,14H2,1-2H3/t12-/m1/s1. The van der Waals surface area contributed by atoms with Gasteiger partial charge in [0, 0.05) is 11.4 Å². The van der Waals surface area contributed by atoms with Crippen LogP contribution in [0.1, 0.15) is 34.5 Å². The average molecular weight is 266 g/mol. The first kappa shape index (κ1) is 12.5. The van der Waals surface area contributed by atoms with Gasteiger partial charge in [-0.25, -0.2) is 4.98 Å². The van der Waals surface area contributed by atoms with Crippen LogP contribution in [0.3, 0.4) is 0 Å². The molecular weight excluding hydrogens is 244 g/mol. The summed E-state index contributed by atoms with van der Waals surface area (Å²) in [6.07, 6.45) is 3.54. The van der Waals surface area contributed by atoms with Gasteiger partial charge in [-0.05, 0) is 51.9 Å². The molecule has 0 saturated carbocycles. The zero-order chi connectivity index (χ0) is 12.8. The molecule has 0 aromatic carbocycles. The second-order valence-corrected chi connectivity index (χ2v) is 7.09. The fourth-order valence-corrected chi connectivity index (χ4v) is 4.64. The molecule has 1 saturated heterocycles. The van der Waals surface area contributed by atoms with E-state index in [9.17, 15) is 0 Å². The summed E-state index contributed by atoms with van der Waals surface area (Å²) in [7, 11) is 4.17. The fraction of sp³-hybridized carbons (Fsp3) is 0.769. The van der Waals surface area contributed by atoms with Gasteiger partial charge in [0.2, 0.25) is 0 Å². The van der Waals surface area contributed by atoms with Gasteiger partial charge in [0.05, 0.1) is 11.7 Å². The van der Waals surface area contributed by atoms with Gasteiger partial charge < -0.3 is 16.0 Å². The Morgan fingerprint density at radius 1 is 1.44 bits per heavy atom. The van der Waals surface area contributed by atoms with Gasteiger partial charge >= 0.3 is 0 Å². The first-order chi connectivity index (χ1) is 8.61. The third kappa shape index (κ3) is 1.99. The van der Waals surface area contributed by atoms with Gasteiger partial charge in [-0.15, -0.1) is 11.3 Å². The molecule has 4 nitrogen and oxygen atoms in total. The van der Waals surface area contributed by atoms with Crippen LogP contribution in [0.15, 0.2) is 0 Å². The Kier molecular flexibility index (Phi) is 3.18. The van der Waals surface area contributed by atoms with Crippen LogP contribution in [0.5, 0.6) is 0 Å². The van der Waals surface area contributed by atoms with Crippen molar-refractivity contribution in [2.45, 2.75) is 31.8 Å². The fourth-order valence-electron chi connectivity index (χ4n) is 3.25. The molecule has 3 N–H and O–H groups in total. The van der Waals surface area contributed by atoms with Crippen LogP contribution in [0.2, 0.25) is 0 Å². The molecule has 0 bridgehead atoms. The van der Waals surface area contributed by atoms with Gasteiger partial charge in [0.1, 0.15) is 5.01 Å². The summed E-state index contributed by atoms with van der Waals surface area (Å²) >= 11 is 1.87. The molecule has 0 unspecified atom stereocenters. The topological polar surface area (TPSA) is 54.2 Å². The van der Waals surface area contributed by atoms with E-state index in [4.69, 9.17) is 10.7 Å². The highest BCUT2D eigenvalue weighted by Gasteiger charge is 2.46. The van der Waals surface area contributed by atoms with E-state index in [1.165, 1.54) is 28.4 Å². The van der Waals surface area contributed by atoms with E-state index in [-0.39, 0.29) is 6.04 Å². The number of hydrogen-bond donors (Lipinski definition) is 2. The lowest BCUT2D eigenvalue weighted by atomic mass is 9.74. The number of hydrogen-bond acceptors (Lipinski definition) is 5. The summed E-state index contributed by atoms with van der Waals surface area (Å²) in [5.41, 5.74) is 8.00. The van der Waals surface area contributed by atoms with Crippen molar-refractivity contribution in [1.82, 2.24) is 15.2 Å². The Morgan fingerprint density at radius 3 is 2.78 bits per heavy atom. The van der Waals surface area contributed by atoms with Crippen LogP contribution >= 0.6 is 11.3 Å². The molecule has 0 amide bonds. The number of thiazole rings is 1. The molecule has 1 spiro atoms. The lowest BCUT2D eigenvalue weighted by Crippen LogP contribution is -2.42. The van der Waals surface area contributed by atoms with Crippen molar-refractivity contribution >= 4 is 11.3 Å². The molecule has 1 aliphatic heterocycles. The predicted molar refractivity (Wildman–Crippen MR) is 74.7 cm³/mol. The van der Waals surface area contributed by atoms with E-state index < -0.39 is 0 Å². The van der Waals surface area contributed by atoms with Crippen molar-refractivity contribution in [2.75, 3.05) is 27.2 Å². The smallest absolute Gasteiger partial charge is 0.107 e. The van der Waals surface area contributed by atoms with E-state index in [0.717, 1.165) is 26.1 Å². The summed E-state index contributed by atoms with van der Waals surface area (Å²) < 4.78 is 0. The van der Waals surface area contributed by atoms with Gasteiger partial charge in [0.25, 0.3) is 0 Å². The van der Waals surface area contributed by atoms with Gasteiger partial charge in [-0.2, -0.15) is 0 Å². The van der Waals surface area contributed by atoms with Crippen molar-refractivity contribution in [3.63, 3.8) is 0 Å². The Morgan fingerprint density at radius 2 is 2.17 bits per heavy atom. The van der Waals surface area contributed by atoms with Crippen LogP contribution in [-0.2, 0) is 13.0 Å². The lowest BCUT2D eigenvalue weighted by molar-refractivity contribution is 0.172. The molecule has 1 aromatic rings. The number of rotatable bonds is 2. The first-order valence-electron chi connectivity index (χ1n) is 6.70. The number of nitrogens with two attached hydrogens (primary N) is 1. The van der Waals surface area contributed by atoms with E-state index in [1.807, 2.05) is 11.3 Å². The number of aromatic nitrogens is 1. The zero-order valence-electron chi connectivity index (χ0n) is 11.2. The van der Waals surface area contributed by atoms with Crippen molar-refractivity contribution in [3.05, 3.63) is 15.6 Å². The highest BCUT2D eigenvalue weighted by molar-refractivity contribution is 7.11. The van der Waals surface area contributed by atoms with Crippen LogP contribution in [0.25, 0.3) is 0 Å². The van der Waals surface area contributed by atoms with Crippen LogP contribution in [0, 0.1) is 5.41 Å². The molecule has 100 valence electrons. The van der Waals surface area contributed by atoms with Crippen molar-refractivity contribution in [3.8, 4) is 0 Å². The quantitative estimate of drug-likeness (QED) is 0.842.